The van der Waals surface area contributed by atoms with Crippen LogP contribution in [0.25, 0.3) is 0 Å². The lowest BCUT2D eigenvalue weighted by atomic mass is 10.1. The lowest BCUT2D eigenvalue weighted by molar-refractivity contribution is 0.0701. The van der Waals surface area contributed by atoms with Gasteiger partial charge < -0.3 is 15.5 Å². The minimum atomic E-state index is -0.896. The van der Waals surface area contributed by atoms with Gasteiger partial charge in [0.25, 0.3) is 0 Å². The van der Waals surface area contributed by atoms with Crippen molar-refractivity contribution in [1.29, 1.82) is 0 Å². The summed E-state index contributed by atoms with van der Waals surface area (Å²) in [6.07, 6.45) is 1.94. The third-order valence-corrected chi connectivity index (χ3v) is 4.07. The predicted molar refractivity (Wildman–Crippen MR) is 72.0 cm³/mol. The molecule has 1 rings (SSSR count). The molecule has 0 spiro atoms. The molecule has 4 nitrogen and oxygen atoms in total. The van der Waals surface area contributed by atoms with E-state index in [1.54, 1.807) is 30.1 Å². The summed E-state index contributed by atoms with van der Waals surface area (Å²) in [5, 5.41) is 23.7. The zero-order chi connectivity index (χ0) is 12.9. The molecule has 3 N–H and O–H groups in total. The zero-order valence-electron chi connectivity index (χ0n) is 9.90. The molecule has 0 radical (unpaired) electrons. The van der Waals surface area contributed by atoms with Crippen molar-refractivity contribution in [2.24, 2.45) is 0 Å². The van der Waals surface area contributed by atoms with Crippen LogP contribution in [-0.2, 0) is 6.54 Å². The van der Waals surface area contributed by atoms with E-state index in [-0.39, 0.29) is 0 Å². The van der Waals surface area contributed by atoms with Crippen LogP contribution in [0.4, 0.5) is 0 Å². The van der Waals surface area contributed by atoms with Gasteiger partial charge in [0.05, 0.1) is 5.60 Å². The van der Waals surface area contributed by atoms with E-state index >= 15 is 0 Å². The number of thioether (sulfide) groups is 1. The third-order valence-electron chi connectivity index (χ3n) is 2.22. The number of hydrogen-bond acceptors (Lipinski definition) is 5. The zero-order valence-corrected chi connectivity index (χ0v) is 11.5. The third kappa shape index (κ3) is 4.67. The van der Waals surface area contributed by atoms with E-state index in [0.717, 1.165) is 5.56 Å². The van der Waals surface area contributed by atoms with E-state index in [9.17, 15) is 9.90 Å². The highest BCUT2D eigenvalue weighted by molar-refractivity contribution is 7.98. The number of nitrogens with one attached hydrogen (secondary N) is 1. The van der Waals surface area contributed by atoms with E-state index < -0.39 is 11.6 Å². The number of hydrogen-bond donors (Lipinski definition) is 3. The van der Waals surface area contributed by atoms with Gasteiger partial charge in [0.2, 0.25) is 0 Å². The second kappa shape index (κ2) is 6.39. The Morgan fingerprint density at radius 2 is 2.35 bits per heavy atom. The van der Waals surface area contributed by atoms with Gasteiger partial charge in [-0.05, 0) is 30.2 Å². The van der Waals surface area contributed by atoms with Gasteiger partial charge in [-0.3, -0.25) is 0 Å². The SMILES string of the molecule is CSCC(C)(O)CNCc1ccsc1C(=O)O. The first-order valence-electron chi connectivity index (χ1n) is 5.18. The van der Waals surface area contributed by atoms with E-state index in [0.29, 0.717) is 23.7 Å². The largest absolute Gasteiger partial charge is 0.477 e. The number of aromatic carboxylic acids is 1. The van der Waals surface area contributed by atoms with Crippen LogP contribution in [0, 0.1) is 0 Å². The minimum Gasteiger partial charge on any atom is -0.477 e. The normalized spacial score (nSPS) is 14.5. The molecule has 1 unspecified atom stereocenters. The molecule has 17 heavy (non-hydrogen) atoms. The first kappa shape index (κ1) is 14.5. The van der Waals surface area contributed by atoms with Crippen molar-refractivity contribution in [3.05, 3.63) is 21.9 Å². The maximum atomic E-state index is 10.9. The van der Waals surface area contributed by atoms with Crippen LogP contribution >= 0.6 is 23.1 Å². The van der Waals surface area contributed by atoms with Gasteiger partial charge >= 0.3 is 5.97 Å². The molecule has 1 aromatic rings. The van der Waals surface area contributed by atoms with Gasteiger partial charge in [0.15, 0.2) is 0 Å². The monoisotopic (exact) mass is 275 g/mol. The highest BCUT2D eigenvalue weighted by Gasteiger charge is 2.19. The smallest absolute Gasteiger partial charge is 0.346 e. The number of thiophene rings is 1. The van der Waals surface area contributed by atoms with Crippen LogP contribution < -0.4 is 5.32 Å². The van der Waals surface area contributed by atoms with Crippen molar-refractivity contribution in [3.8, 4) is 0 Å². The van der Waals surface area contributed by atoms with Gasteiger partial charge in [-0.2, -0.15) is 11.8 Å². The number of carboxylic acid groups (broad SMARTS) is 1. The fourth-order valence-electron chi connectivity index (χ4n) is 1.49. The Bertz CT molecular complexity index is 377. The average Bonchev–Trinajstić information content (AvgIpc) is 2.65. The molecule has 0 aliphatic heterocycles. The van der Waals surface area contributed by atoms with Crippen LogP contribution in [0.3, 0.4) is 0 Å². The number of carboxylic acids is 1. The maximum absolute atomic E-state index is 10.9. The summed E-state index contributed by atoms with van der Waals surface area (Å²) in [5.41, 5.74) is 0.00110. The molecule has 0 fully saturated rings. The minimum absolute atomic E-state index is 0.363. The molecular weight excluding hydrogens is 258 g/mol. The van der Waals surface area contributed by atoms with Crippen molar-refractivity contribution in [3.63, 3.8) is 0 Å². The Morgan fingerprint density at radius 1 is 1.65 bits per heavy atom. The first-order valence-corrected chi connectivity index (χ1v) is 7.45. The van der Waals surface area contributed by atoms with E-state index in [4.69, 9.17) is 5.11 Å². The van der Waals surface area contributed by atoms with Gasteiger partial charge in [-0.25, -0.2) is 4.79 Å². The Kier molecular flexibility index (Phi) is 5.45. The molecule has 0 aromatic carbocycles. The summed E-state index contributed by atoms with van der Waals surface area (Å²) in [6, 6.07) is 1.80. The van der Waals surface area contributed by atoms with Crippen molar-refractivity contribution in [2.75, 3.05) is 18.6 Å². The van der Waals surface area contributed by atoms with Gasteiger partial charge in [0.1, 0.15) is 4.88 Å². The second-order valence-electron chi connectivity index (χ2n) is 4.11. The highest BCUT2D eigenvalue weighted by Crippen LogP contribution is 2.17. The molecule has 0 aliphatic carbocycles. The molecule has 0 saturated heterocycles. The first-order chi connectivity index (χ1) is 7.96. The summed E-state index contributed by atoms with van der Waals surface area (Å²) in [6.45, 7) is 2.68. The van der Waals surface area contributed by atoms with E-state index in [1.165, 1.54) is 11.3 Å². The van der Waals surface area contributed by atoms with Crippen molar-refractivity contribution in [1.82, 2.24) is 5.32 Å². The summed E-state index contributed by atoms with van der Waals surface area (Å²) in [5.74, 6) is -0.247. The second-order valence-corrected chi connectivity index (χ2v) is 5.90. The van der Waals surface area contributed by atoms with Gasteiger partial charge in [0, 0.05) is 18.8 Å². The fourth-order valence-corrected chi connectivity index (χ4v) is 2.98. The van der Waals surface area contributed by atoms with E-state index in [2.05, 4.69) is 5.32 Å². The number of rotatable bonds is 7. The Balaban J connectivity index is 2.46. The van der Waals surface area contributed by atoms with Crippen LogP contribution in [0.5, 0.6) is 0 Å². The molecular formula is C11H17NO3S2. The number of carbonyl (C=O) groups is 1. The predicted octanol–water partition coefficient (Wildman–Crippen LogP) is 1.65. The molecule has 1 atom stereocenters. The summed E-state index contributed by atoms with van der Waals surface area (Å²) < 4.78 is 0. The van der Waals surface area contributed by atoms with Crippen LogP contribution in [0.15, 0.2) is 11.4 Å². The number of aliphatic hydroxyl groups is 1. The summed E-state index contributed by atoms with van der Waals surface area (Å²) in [4.78, 5) is 11.2. The van der Waals surface area contributed by atoms with Crippen molar-refractivity contribution >= 4 is 29.1 Å². The van der Waals surface area contributed by atoms with Crippen molar-refractivity contribution in [2.45, 2.75) is 19.1 Å². The van der Waals surface area contributed by atoms with Gasteiger partial charge in [-0.1, -0.05) is 0 Å². The maximum Gasteiger partial charge on any atom is 0.346 e. The van der Waals surface area contributed by atoms with Gasteiger partial charge in [-0.15, -0.1) is 11.3 Å². The Morgan fingerprint density at radius 3 is 2.94 bits per heavy atom. The molecule has 0 aliphatic rings. The lowest BCUT2D eigenvalue weighted by Crippen LogP contribution is -2.39. The van der Waals surface area contributed by atoms with Crippen LogP contribution in [0.1, 0.15) is 22.2 Å². The molecule has 1 heterocycles. The molecule has 96 valence electrons. The Hall–Kier alpha value is -0.560. The summed E-state index contributed by atoms with van der Waals surface area (Å²) >= 11 is 2.80. The summed E-state index contributed by atoms with van der Waals surface area (Å²) in [7, 11) is 0. The molecule has 0 bridgehead atoms. The van der Waals surface area contributed by atoms with Crippen molar-refractivity contribution < 1.29 is 15.0 Å². The highest BCUT2D eigenvalue weighted by atomic mass is 32.2. The molecule has 0 amide bonds. The molecule has 0 saturated carbocycles. The molecule has 6 heteroatoms. The van der Waals surface area contributed by atoms with Crippen LogP contribution in [0.2, 0.25) is 0 Å². The topological polar surface area (TPSA) is 69.6 Å². The lowest BCUT2D eigenvalue weighted by Gasteiger charge is -2.22. The average molecular weight is 275 g/mol. The van der Waals surface area contributed by atoms with E-state index in [1.807, 2.05) is 6.26 Å². The van der Waals surface area contributed by atoms with Crippen LogP contribution in [-0.4, -0.2) is 40.3 Å². The Labute approximate surface area is 109 Å². The quantitative estimate of drug-likeness (QED) is 0.706. The standard InChI is InChI=1S/C11H17NO3S2/c1-11(15,7-16-2)6-12-5-8-3-4-17-9(8)10(13)14/h3-4,12,15H,5-7H2,1-2H3,(H,13,14). The molecule has 1 aromatic heterocycles. The fraction of sp³-hybridized carbons (Fsp3) is 0.545.